The smallest absolute Gasteiger partial charge is 0.125 e. The fourth-order valence-corrected chi connectivity index (χ4v) is 11.2. The van der Waals surface area contributed by atoms with E-state index in [0.717, 1.165) is 78.0 Å². The van der Waals surface area contributed by atoms with Crippen molar-refractivity contribution < 1.29 is 4.74 Å². The summed E-state index contributed by atoms with van der Waals surface area (Å²) in [6.45, 7) is 11.3. The Bertz CT molecular complexity index is 2620. The summed E-state index contributed by atoms with van der Waals surface area (Å²) in [6.07, 6.45) is 44.0. The Labute approximate surface area is 363 Å². The van der Waals surface area contributed by atoms with Crippen LogP contribution in [0.4, 0.5) is 0 Å². The minimum absolute atomic E-state index is 0.0567. The van der Waals surface area contributed by atoms with Crippen molar-refractivity contribution in [2.24, 2.45) is 22.7 Å². The number of para-hydroxylation sites is 1. The number of hydrogen-bond acceptors (Lipinski definition) is 2. The van der Waals surface area contributed by atoms with Crippen LogP contribution in [0.2, 0.25) is 0 Å². The molecule has 2 heteroatoms. The standard InChI is InChI=1S/C59H57NO/c1-40(2)53(39-56(60-41(3)42-18-6-4-7-19-42)46-34-37-51-45(38-46)31-30-43-20-10-11-23-49(43)51)52-25-13-12-24-50(52)44-32-35-48(36-33-44)59(47-21-8-5-9-22-47)54-26-14-16-28-57(54)61-58-29-17-15-27-55(58)59/h6,8,12-19,21-22,24-30,32-37,39,45-46,54,57H,1,3-5,7,9-11,20,23,31,38H2,2H3/b53-39+,60-56+. The number of rotatable bonds is 9. The zero-order valence-electron chi connectivity index (χ0n) is 35.7. The van der Waals surface area contributed by atoms with E-state index in [1.54, 1.807) is 16.7 Å². The Kier molecular flexibility index (Phi) is 10.8. The lowest BCUT2D eigenvalue weighted by atomic mass is 9.57. The average molecular weight is 796 g/mol. The van der Waals surface area contributed by atoms with Crippen LogP contribution in [-0.4, -0.2) is 11.8 Å². The number of ether oxygens (including phenoxy) is 1. The van der Waals surface area contributed by atoms with E-state index in [9.17, 15) is 0 Å². The van der Waals surface area contributed by atoms with E-state index in [4.69, 9.17) is 9.73 Å². The minimum atomic E-state index is -0.398. The molecule has 0 bridgehead atoms. The lowest BCUT2D eigenvalue weighted by molar-refractivity contribution is 0.139. The molecule has 1 aliphatic heterocycles. The normalized spacial score (nSPS) is 26.5. The third-order valence-corrected chi connectivity index (χ3v) is 14.2. The molecule has 2 nitrogen and oxygen atoms in total. The van der Waals surface area contributed by atoms with Gasteiger partial charge in [0, 0.05) is 23.1 Å². The van der Waals surface area contributed by atoms with Crippen molar-refractivity contribution in [2.75, 3.05) is 0 Å². The summed E-state index contributed by atoms with van der Waals surface area (Å²) in [5.41, 5.74) is 17.0. The van der Waals surface area contributed by atoms with Crippen molar-refractivity contribution in [1.82, 2.24) is 0 Å². The summed E-state index contributed by atoms with van der Waals surface area (Å²) in [5.74, 6) is 1.77. The van der Waals surface area contributed by atoms with Crippen molar-refractivity contribution in [1.29, 1.82) is 0 Å². The maximum absolute atomic E-state index is 6.71. The van der Waals surface area contributed by atoms with Gasteiger partial charge in [-0.3, -0.25) is 4.99 Å². The highest BCUT2D eigenvalue weighted by molar-refractivity contribution is 6.07. The van der Waals surface area contributed by atoms with Crippen molar-refractivity contribution in [3.63, 3.8) is 0 Å². The predicted octanol–water partition coefficient (Wildman–Crippen LogP) is 15.0. The third-order valence-electron chi connectivity index (χ3n) is 14.2. The van der Waals surface area contributed by atoms with Gasteiger partial charge in [-0.2, -0.15) is 0 Å². The van der Waals surface area contributed by atoms with Gasteiger partial charge in [-0.25, -0.2) is 0 Å². The molecule has 0 spiro atoms. The van der Waals surface area contributed by atoms with Crippen LogP contribution in [0.1, 0.15) is 87.8 Å². The van der Waals surface area contributed by atoms with Crippen molar-refractivity contribution in [3.05, 3.63) is 227 Å². The topological polar surface area (TPSA) is 21.6 Å². The molecule has 5 atom stereocenters. The molecule has 1 saturated carbocycles. The van der Waals surface area contributed by atoms with Gasteiger partial charge in [0.05, 0.1) is 11.1 Å². The van der Waals surface area contributed by atoms with E-state index in [2.05, 4.69) is 178 Å². The SMILES string of the molecule is C=C(/N=C(\C=C(/C(=C)C)c1ccccc1-c1ccc(C2(C3=CCCC=C3)c3ccccc3OC3C=CC=CC32)cc1)C1C=CC2=C3CCCCC3=CCC2C1)C1=CCCC=C1. The van der Waals surface area contributed by atoms with Crippen molar-refractivity contribution >= 4 is 11.3 Å². The molecule has 3 aromatic carbocycles. The van der Waals surface area contributed by atoms with Gasteiger partial charge in [-0.1, -0.05) is 158 Å². The Morgan fingerprint density at radius 2 is 1.57 bits per heavy atom. The van der Waals surface area contributed by atoms with Gasteiger partial charge >= 0.3 is 0 Å². The van der Waals surface area contributed by atoms with Crippen LogP contribution in [-0.2, 0) is 5.41 Å². The fraction of sp³-hybridized carbons (Fsp3) is 0.271. The van der Waals surface area contributed by atoms with E-state index in [0.29, 0.717) is 5.92 Å². The number of allylic oxidation sites excluding steroid dienone is 18. The lowest BCUT2D eigenvalue weighted by Crippen LogP contribution is -2.49. The van der Waals surface area contributed by atoms with Crippen molar-refractivity contribution in [2.45, 2.75) is 82.7 Å². The zero-order valence-corrected chi connectivity index (χ0v) is 35.7. The molecule has 1 fully saturated rings. The summed E-state index contributed by atoms with van der Waals surface area (Å²) in [4.78, 5) is 5.43. The third kappa shape index (κ3) is 7.24. The largest absolute Gasteiger partial charge is 0.485 e. The van der Waals surface area contributed by atoms with E-state index < -0.39 is 5.41 Å². The number of fused-ring (bicyclic) bond motifs is 4. The Morgan fingerprint density at radius 1 is 0.787 bits per heavy atom. The highest BCUT2D eigenvalue weighted by Crippen LogP contribution is 2.56. The predicted molar refractivity (Wildman–Crippen MR) is 256 cm³/mol. The summed E-state index contributed by atoms with van der Waals surface area (Å²) in [5, 5.41) is 0. The Hall–Kier alpha value is -5.99. The van der Waals surface area contributed by atoms with Gasteiger partial charge in [0.2, 0.25) is 0 Å². The van der Waals surface area contributed by atoms with Gasteiger partial charge in [0.1, 0.15) is 11.9 Å². The molecule has 0 radical (unpaired) electrons. The molecular formula is C59H57NO. The van der Waals surface area contributed by atoms with Gasteiger partial charge in [-0.05, 0) is 151 Å². The van der Waals surface area contributed by atoms with Gasteiger partial charge in [-0.15, -0.1) is 0 Å². The molecule has 7 aliphatic rings. The molecule has 10 rings (SSSR count). The molecular weight excluding hydrogens is 739 g/mol. The fourth-order valence-electron chi connectivity index (χ4n) is 11.2. The molecule has 0 amide bonds. The van der Waals surface area contributed by atoms with Gasteiger partial charge in [0.25, 0.3) is 0 Å². The number of benzene rings is 3. The minimum Gasteiger partial charge on any atom is -0.485 e. The number of hydrogen-bond donors (Lipinski definition) is 0. The van der Waals surface area contributed by atoms with Crippen LogP contribution in [0, 0.1) is 17.8 Å². The molecule has 3 aromatic rings. The molecule has 5 unspecified atom stereocenters. The first-order valence-corrected chi connectivity index (χ1v) is 22.8. The molecule has 0 aromatic heterocycles. The van der Waals surface area contributed by atoms with Crippen molar-refractivity contribution in [3.8, 4) is 16.9 Å². The van der Waals surface area contributed by atoms with Crippen LogP contribution >= 0.6 is 0 Å². The molecule has 304 valence electrons. The van der Waals surface area contributed by atoms with Crippen LogP contribution in [0.3, 0.4) is 0 Å². The number of aliphatic imine (C=N–C) groups is 1. The van der Waals surface area contributed by atoms with Crippen LogP contribution in [0.25, 0.3) is 16.7 Å². The highest BCUT2D eigenvalue weighted by Gasteiger charge is 2.52. The van der Waals surface area contributed by atoms with E-state index in [1.165, 1.54) is 53.5 Å². The van der Waals surface area contributed by atoms with Crippen LogP contribution < -0.4 is 4.74 Å². The Balaban J connectivity index is 1.06. The lowest BCUT2D eigenvalue weighted by Gasteiger charge is -2.49. The molecule has 6 aliphatic carbocycles. The summed E-state index contributed by atoms with van der Waals surface area (Å²) >= 11 is 0. The molecule has 1 heterocycles. The first-order chi connectivity index (χ1) is 30.0. The van der Waals surface area contributed by atoms with Gasteiger partial charge in [0.15, 0.2) is 0 Å². The number of nitrogens with zero attached hydrogens (tertiary/aromatic N) is 1. The second-order valence-corrected chi connectivity index (χ2v) is 17.9. The maximum Gasteiger partial charge on any atom is 0.125 e. The van der Waals surface area contributed by atoms with E-state index in [1.807, 2.05) is 0 Å². The van der Waals surface area contributed by atoms with Crippen LogP contribution in [0.5, 0.6) is 5.75 Å². The van der Waals surface area contributed by atoms with E-state index >= 15 is 0 Å². The second-order valence-electron chi connectivity index (χ2n) is 17.9. The zero-order chi connectivity index (χ0) is 41.3. The summed E-state index contributed by atoms with van der Waals surface area (Å²) in [7, 11) is 0. The second kappa shape index (κ2) is 16.8. The first kappa shape index (κ1) is 39.2. The quantitative estimate of drug-likeness (QED) is 0.156. The van der Waals surface area contributed by atoms with Gasteiger partial charge < -0.3 is 4.74 Å². The van der Waals surface area contributed by atoms with Crippen LogP contribution in [0.15, 0.2) is 215 Å². The van der Waals surface area contributed by atoms with E-state index in [-0.39, 0.29) is 17.9 Å². The molecule has 61 heavy (non-hydrogen) atoms. The first-order valence-electron chi connectivity index (χ1n) is 22.8. The summed E-state index contributed by atoms with van der Waals surface area (Å²) < 4.78 is 6.71. The highest BCUT2D eigenvalue weighted by atomic mass is 16.5. The monoisotopic (exact) mass is 795 g/mol. The maximum atomic E-state index is 6.71. The summed E-state index contributed by atoms with van der Waals surface area (Å²) in [6, 6.07) is 26.9. The average Bonchev–Trinajstić information content (AvgIpc) is 3.32. The molecule has 0 N–H and O–H groups in total. The Morgan fingerprint density at radius 3 is 2.39 bits per heavy atom. The molecule has 0 saturated heterocycles.